The van der Waals surface area contributed by atoms with Gasteiger partial charge in [0, 0.05) is 25.5 Å². The summed E-state index contributed by atoms with van der Waals surface area (Å²) in [5.41, 5.74) is 5.73. The fourth-order valence-electron chi connectivity index (χ4n) is 2.01. The highest BCUT2D eigenvalue weighted by Gasteiger charge is 2.03. The first-order chi connectivity index (χ1) is 9.26. The van der Waals surface area contributed by atoms with E-state index in [9.17, 15) is 0 Å². The van der Waals surface area contributed by atoms with Crippen molar-refractivity contribution in [3.63, 3.8) is 0 Å². The second-order valence-corrected chi connectivity index (χ2v) is 5.23. The van der Waals surface area contributed by atoms with E-state index in [0.717, 1.165) is 16.8 Å². The van der Waals surface area contributed by atoms with Crippen LogP contribution in [0.2, 0.25) is 0 Å². The van der Waals surface area contributed by atoms with E-state index in [0.29, 0.717) is 12.2 Å². The SMILES string of the molecule is Cn1cc(CNc2ccc3ncsc3c2)cc1C#N. The van der Waals surface area contributed by atoms with Gasteiger partial charge in [-0.25, -0.2) is 4.98 Å². The van der Waals surface area contributed by atoms with E-state index in [1.165, 1.54) is 4.70 Å². The molecule has 3 aromatic rings. The normalized spacial score (nSPS) is 10.5. The van der Waals surface area contributed by atoms with Gasteiger partial charge in [0.25, 0.3) is 0 Å². The number of fused-ring (bicyclic) bond motifs is 1. The molecule has 0 radical (unpaired) electrons. The largest absolute Gasteiger partial charge is 0.381 e. The van der Waals surface area contributed by atoms with Crippen LogP contribution in [0.5, 0.6) is 0 Å². The molecule has 0 aliphatic carbocycles. The summed E-state index contributed by atoms with van der Waals surface area (Å²) in [4.78, 5) is 4.26. The molecule has 1 N–H and O–H groups in total. The predicted molar refractivity (Wildman–Crippen MR) is 77.1 cm³/mol. The van der Waals surface area contributed by atoms with E-state index in [2.05, 4.69) is 22.4 Å². The molecule has 0 spiro atoms. The van der Waals surface area contributed by atoms with Crippen molar-refractivity contribution in [3.8, 4) is 6.07 Å². The number of benzene rings is 1. The molecule has 1 aromatic carbocycles. The molecule has 3 rings (SSSR count). The van der Waals surface area contributed by atoms with Crippen molar-refractivity contribution in [1.29, 1.82) is 5.26 Å². The molecule has 2 heterocycles. The molecule has 0 saturated carbocycles. The Morgan fingerprint density at radius 1 is 1.42 bits per heavy atom. The fourth-order valence-corrected chi connectivity index (χ4v) is 2.73. The van der Waals surface area contributed by atoms with Crippen LogP contribution in [-0.4, -0.2) is 9.55 Å². The minimum absolute atomic E-state index is 0.676. The first-order valence-corrected chi connectivity index (χ1v) is 6.77. The summed E-state index contributed by atoms with van der Waals surface area (Å²) in [5.74, 6) is 0. The van der Waals surface area contributed by atoms with Crippen LogP contribution >= 0.6 is 11.3 Å². The average Bonchev–Trinajstić information content (AvgIpc) is 3.01. The average molecular weight is 268 g/mol. The molecular weight excluding hydrogens is 256 g/mol. The van der Waals surface area contributed by atoms with E-state index in [1.807, 2.05) is 41.5 Å². The molecule has 0 unspecified atom stereocenters. The summed E-state index contributed by atoms with van der Waals surface area (Å²) in [6, 6.07) is 10.2. The number of nitriles is 1. The predicted octanol–water partition coefficient (Wildman–Crippen LogP) is 3.12. The number of thiazole rings is 1. The molecule has 94 valence electrons. The van der Waals surface area contributed by atoms with E-state index in [4.69, 9.17) is 5.26 Å². The van der Waals surface area contributed by atoms with E-state index in [1.54, 1.807) is 11.3 Å². The molecule has 0 bridgehead atoms. The minimum Gasteiger partial charge on any atom is -0.381 e. The molecule has 19 heavy (non-hydrogen) atoms. The third-order valence-electron chi connectivity index (χ3n) is 3.00. The van der Waals surface area contributed by atoms with Crippen LogP contribution in [0, 0.1) is 11.3 Å². The maximum atomic E-state index is 8.91. The summed E-state index contributed by atoms with van der Waals surface area (Å²) in [7, 11) is 1.88. The van der Waals surface area contributed by atoms with Crippen molar-refractivity contribution in [3.05, 3.63) is 47.2 Å². The molecule has 4 nitrogen and oxygen atoms in total. The second-order valence-electron chi connectivity index (χ2n) is 4.34. The van der Waals surface area contributed by atoms with Gasteiger partial charge in [0.15, 0.2) is 0 Å². The number of aryl methyl sites for hydroxylation is 1. The highest BCUT2D eigenvalue weighted by Crippen LogP contribution is 2.22. The summed E-state index contributed by atoms with van der Waals surface area (Å²) < 4.78 is 3.01. The molecular formula is C14H12N4S. The first kappa shape index (κ1) is 11.8. The Balaban J connectivity index is 1.76. The molecule has 0 amide bonds. The third-order valence-corrected chi connectivity index (χ3v) is 3.80. The fraction of sp³-hybridized carbons (Fsp3) is 0.143. The second kappa shape index (κ2) is 4.75. The van der Waals surface area contributed by atoms with Gasteiger partial charge < -0.3 is 9.88 Å². The minimum atomic E-state index is 0.676. The van der Waals surface area contributed by atoms with Crippen molar-refractivity contribution in [2.24, 2.45) is 7.05 Å². The monoisotopic (exact) mass is 268 g/mol. The smallest absolute Gasteiger partial charge is 0.120 e. The van der Waals surface area contributed by atoms with Gasteiger partial charge in [0.2, 0.25) is 0 Å². The molecule has 0 aliphatic heterocycles. The van der Waals surface area contributed by atoms with Crippen LogP contribution in [0.25, 0.3) is 10.2 Å². The van der Waals surface area contributed by atoms with Crippen LogP contribution in [0.15, 0.2) is 36.0 Å². The molecule has 5 heteroatoms. The zero-order valence-corrected chi connectivity index (χ0v) is 11.2. The number of hydrogen-bond donors (Lipinski definition) is 1. The van der Waals surface area contributed by atoms with E-state index in [-0.39, 0.29) is 0 Å². The maximum absolute atomic E-state index is 8.91. The highest BCUT2D eigenvalue weighted by atomic mass is 32.1. The van der Waals surface area contributed by atoms with Crippen LogP contribution in [-0.2, 0) is 13.6 Å². The number of nitrogens with one attached hydrogen (secondary N) is 1. The van der Waals surface area contributed by atoms with E-state index >= 15 is 0 Å². The van der Waals surface area contributed by atoms with Crippen molar-refractivity contribution in [1.82, 2.24) is 9.55 Å². The molecule has 0 atom stereocenters. The van der Waals surface area contributed by atoms with Crippen molar-refractivity contribution < 1.29 is 0 Å². The van der Waals surface area contributed by atoms with Gasteiger partial charge in [-0.15, -0.1) is 11.3 Å². The lowest BCUT2D eigenvalue weighted by atomic mass is 10.2. The zero-order valence-electron chi connectivity index (χ0n) is 10.4. The van der Waals surface area contributed by atoms with Gasteiger partial charge in [-0.3, -0.25) is 0 Å². The van der Waals surface area contributed by atoms with Crippen molar-refractivity contribution >= 4 is 27.2 Å². The Morgan fingerprint density at radius 3 is 3.11 bits per heavy atom. The summed E-state index contributed by atoms with van der Waals surface area (Å²) in [5, 5.41) is 12.3. The summed E-state index contributed by atoms with van der Waals surface area (Å²) in [6.07, 6.45) is 1.97. The standard InChI is InChI=1S/C14H12N4S/c1-18-8-10(4-12(18)6-15)7-16-11-2-3-13-14(5-11)19-9-17-13/h2-5,8-9,16H,7H2,1H3. The Hall–Kier alpha value is -2.32. The van der Waals surface area contributed by atoms with Gasteiger partial charge in [-0.05, 0) is 29.8 Å². The number of aromatic nitrogens is 2. The van der Waals surface area contributed by atoms with Gasteiger partial charge in [-0.1, -0.05) is 0 Å². The lowest BCUT2D eigenvalue weighted by Crippen LogP contribution is -1.97. The Bertz CT molecular complexity index is 763. The van der Waals surface area contributed by atoms with Crippen LogP contribution in [0.3, 0.4) is 0 Å². The van der Waals surface area contributed by atoms with Crippen LogP contribution < -0.4 is 5.32 Å². The van der Waals surface area contributed by atoms with E-state index < -0.39 is 0 Å². The third kappa shape index (κ3) is 2.30. The summed E-state index contributed by atoms with van der Waals surface area (Å²) in [6.45, 7) is 0.708. The highest BCUT2D eigenvalue weighted by molar-refractivity contribution is 7.16. The molecule has 0 saturated heterocycles. The number of anilines is 1. The van der Waals surface area contributed by atoms with Crippen LogP contribution in [0.1, 0.15) is 11.3 Å². The van der Waals surface area contributed by atoms with Gasteiger partial charge in [-0.2, -0.15) is 5.26 Å². The maximum Gasteiger partial charge on any atom is 0.120 e. The lowest BCUT2D eigenvalue weighted by Gasteiger charge is -2.04. The van der Waals surface area contributed by atoms with Crippen molar-refractivity contribution in [2.45, 2.75) is 6.54 Å². The number of nitrogens with zero attached hydrogens (tertiary/aromatic N) is 3. The van der Waals surface area contributed by atoms with Crippen molar-refractivity contribution in [2.75, 3.05) is 5.32 Å². The lowest BCUT2D eigenvalue weighted by molar-refractivity contribution is 0.902. The molecule has 2 aromatic heterocycles. The zero-order chi connectivity index (χ0) is 13.2. The Labute approximate surface area is 114 Å². The Morgan fingerprint density at radius 2 is 2.32 bits per heavy atom. The van der Waals surface area contributed by atoms with Gasteiger partial charge in [0.1, 0.15) is 11.8 Å². The van der Waals surface area contributed by atoms with Gasteiger partial charge in [0.05, 0.1) is 15.7 Å². The number of rotatable bonds is 3. The molecule has 0 fully saturated rings. The quantitative estimate of drug-likeness (QED) is 0.794. The Kier molecular flexibility index (Phi) is 2.94. The topological polar surface area (TPSA) is 53.6 Å². The molecule has 0 aliphatic rings. The van der Waals surface area contributed by atoms with Crippen LogP contribution in [0.4, 0.5) is 5.69 Å². The number of hydrogen-bond acceptors (Lipinski definition) is 4. The first-order valence-electron chi connectivity index (χ1n) is 5.89. The summed E-state index contributed by atoms with van der Waals surface area (Å²) >= 11 is 1.64. The van der Waals surface area contributed by atoms with Gasteiger partial charge >= 0.3 is 0 Å².